The van der Waals surface area contributed by atoms with Crippen LogP contribution < -0.4 is 27.4 Å². The summed E-state index contributed by atoms with van der Waals surface area (Å²) in [7, 11) is 0. The van der Waals surface area contributed by atoms with Crippen molar-refractivity contribution in [2.75, 3.05) is 18.6 Å². The van der Waals surface area contributed by atoms with Gasteiger partial charge >= 0.3 is 5.97 Å². The van der Waals surface area contributed by atoms with Crippen LogP contribution in [0.5, 0.6) is 5.75 Å². The molecule has 0 heterocycles. The van der Waals surface area contributed by atoms with Gasteiger partial charge in [0.05, 0.1) is 19.0 Å². The molecule has 1 rings (SSSR count). The molecule has 13 heteroatoms. The molecule has 0 spiro atoms. The van der Waals surface area contributed by atoms with E-state index in [4.69, 9.17) is 11.5 Å². The van der Waals surface area contributed by atoms with Crippen LogP contribution in [-0.4, -0.2) is 76.5 Å². The van der Waals surface area contributed by atoms with Crippen molar-refractivity contribution in [1.82, 2.24) is 16.0 Å². The first-order chi connectivity index (χ1) is 15.5. The van der Waals surface area contributed by atoms with Crippen LogP contribution >= 0.6 is 11.8 Å². The topological polar surface area (TPSA) is 214 Å². The number of hydrogen-bond donors (Lipinski definition) is 7. The summed E-state index contributed by atoms with van der Waals surface area (Å²) in [6.45, 7) is -0.496. The fourth-order valence-corrected chi connectivity index (χ4v) is 3.16. The monoisotopic (exact) mass is 483 g/mol. The van der Waals surface area contributed by atoms with E-state index in [1.54, 1.807) is 0 Å². The molecule has 0 aliphatic rings. The number of amides is 4. The number of carbonyl (C=O) groups excluding carboxylic acids is 4. The standard InChI is InChI=1S/C20H29N5O7S/c1-33-7-6-13(21)18(29)23-10-17(28)24-14(9-16(22)27)19(30)25-15(20(31)32)8-11-2-4-12(26)5-3-11/h2-5,13-15,26H,6-10,21H2,1H3,(H2,22,27)(H,23,29)(H,24,28)(H,25,30)(H,31,32). The minimum absolute atomic E-state index is 0.00352. The second kappa shape index (κ2) is 14.0. The highest BCUT2D eigenvalue weighted by Crippen LogP contribution is 2.11. The predicted octanol–water partition coefficient (Wildman–Crippen LogP) is -1.94. The molecule has 0 bridgehead atoms. The molecule has 0 saturated carbocycles. The maximum atomic E-state index is 12.6. The highest BCUT2D eigenvalue weighted by Gasteiger charge is 2.28. The average molecular weight is 484 g/mol. The number of carboxylic acids is 1. The molecular formula is C20H29N5O7S. The Morgan fingerprint density at radius 1 is 1.03 bits per heavy atom. The van der Waals surface area contributed by atoms with E-state index in [9.17, 15) is 34.2 Å². The molecule has 182 valence electrons. The molecule has 9 N–H and O–H groups in total. The molecule has 12 nitrogen and oxygen atoms in total. The average Bonchev–Trinajstić information content (AvgIpc) is 2.75. The molecule has 4 amide bonds. The van der Waals surface area contributed by atoms with Gasteiger partial charge in [-0.25, -0.2) is 4.79 Å². The van der Waals surface area contributed by atoms with Crippen LogP contribution in [0.2, 0.25) is 0 Å². The fraction of sp³-hybridized carbons (Fsp3) is 0.450. The zero-order valence-corrected chi connectivity index (χ0v) is 18.9. The Balaban J connectivity index is 2.74. The Morgan fingerprint density at radius 3 is 2.21 bits per heavy atom. The van der Waals surface area contributed by atoms with Crippen LogP contribution in [0.15, 0.2) is 24.3 Å². The predicted molar refractivity (Wildman–Crippen MR) is 121 cm³/mol. The highest BCUT2D eigenvalue weighted by molar-refractivity contribution is 7.98. The first-order valence-electron chi connectivity index (χ1n) is 9.94. The maximum absolute atomic E-state index is 12.6. The number of phenols is 1. The van der Waals surface area contributed by atoms with Gasteiger partial charge in [0.15, 0.2) is 0 Å². The molecule has 3 unspecified atom stereocenters. The van der Waals surface area contributed by atoms with Gasteiger partial charge < -0.3 is 37.6 Å². The van der Waals surface area contributed by atoms with Gasteiger partial charge in [-0.05, 0) is 36.1 Å². The van der Waals surface area contributed by atoms with Crippen LogP contribution in [-0.2, 0) is 30.4 Å². The minimum atomic E-state index is -1.45. The first kappa shape index (κ1) is 27.7. The van der Waals surface area contributed by atoms with E-state index in [2.05, 4.69) is 16.0 Å². The molecule has 1 aromatic carbocycles. The Bertz CT molecular complexity index is 850. The third-order valence-corrected chi connectivity index (χ3v) is 5.08. The van der Waals surface area contributed by atoms with Crippen LogP contribution in [0, 0.1) is 0 Å². The van der Waals surface area contributed by atoms with Crippen LogP contribution in [0.3, 0.4) is 0 Å². The highest BCUT2D eigenvalue weighted by atomic mass is 32.2. The van der Waals surface area contributed by atoms with E-state index < -0.39 is 60.7 Å². The first-order valence-corrected chi connectivity index (χ1v) is 11.3. The number of nitrogens with one attached hydrogen (secondary N) is 3. The lowest BCUT2D eigenvalue weighted by atomic mass is 10.0. The second-order valence-electron chi connectivity index (χ2n) is 7.17. The quantitative estimate of drug-likeness (QED) is 0.156. The number of primary amides is 1. The normalized spacial score (nSPS) is 13.3. The molecule has 0 aliphatic carbocycles. The van der Waals surface area contributed by atoms with Crippen molar-refractivity contribution in [3.8, 4) is 5.75 Å². The largest absolute Gasteiger partial charge is 0.508 e. The summed E-state index contributed by atoms with van der Waals surface area (Å²) in [4.78, 5) is 59.6. The van der Waals surface area contributed by atoms with E-state index in [1.165, 1.54) is 36.0 Å². The third-order valence-electron chi connectivity index (χ3n) is 4.44. The number of nitrogens with two attached hydrogens (primary N) is 2. The van der Waals surface area contributed by atoms with Gasteiger partial charge in [-0.2, -0.15) is 11.8 Å². The number of hydrogen-bond acceptors (Lipinski definition) is 8. The summed E-state index contributed by atoms with van der Waals surface area (Å²) in [6, 6.07) is 2.11. The Hall–Kier alpha value is -3.32. The number of thioether (sulfide) groups is 1. The summed E-state index contributed by atoms with van der Waals surface area (Å²) in [5, 5.41) is 25.6. The van der Waals surface area contributed by atoms with Crippen molar-refractivity contribution in [3.05, 3.63) is 29.8 Å². The number of carbonyl (C=O) groups is 5. The summed E-state index contributed by atoms with van der Waals surface area (Å²) in [5.74, 6) is -3.85. The third kappa shape index (κ3) is 10.7. The summed E-state index contributed by atoms with van der Waals surface area (Å²) >= 11 is 1.52. The molecule has 3 atom stereocenters. The summed E-state index contributed by atoms with van der Waals surface area (Å²) in [6.07, 6.45) is 1.59. The van der Waals surface area contributed by atoms with E-state index in [0.29, 0.717) is 17.7 Å². The van der Waals surface area contributed by atoms with Crippen LogP contribution in [0.1, 0.15) is 18.4 Å². The second-order valence-corrected chi connectivity index (χ2v) is 8.15. The molecule has 0 saturated heterocycles. The Morgan fingerprint density at radius 2 is 1.67 bits per heavy atom. The lowest BCUT2D eigenvalue weighted by molar-refractivity contribution is -0.142. The van der Waals surface area contributed by atoms with Crippen molar-refractivity contribution in [1.29, 1.82) is 0 Å². The van der Waals surface area contributed by atoms with Crippen molar-refractivity contribution in [3.63, 3.8) is 0 Å². The van der Waals surface area contributed by atoms with Crippen molar-refractivity contribution < 1.29 is 34.2 Å². The lowest BCUT2D eigenvalue weighted by Crippen LogP contribution is -2.55. The van der Waals surface area contributed by atoms with E-state index in [-0.39, 0.29) is 12.2 Å². The van der Waals surface area contributed by atoms with Gasteiger partial charge in [-0.15, -0.1) is 0 Å². The number of carboxylic acid groups (broad SMARTS) is 1. The molecule has 1 aromatic rings. The maximum Gasteiger partial charge on any atom is 0.326 e. The zero-order valence-electron chi connectivity index (χ0n) is 18.1. The fourth-order valence-electron chi connectivity index (χ4n) is 2.67. The number of rotatable bonds is 14. The number of aliphatic carboxylic acids is 1. The van der Waals surface area contributed by atoms with Crippen molar-refractivity contribution >= 4 is 41.4 Å². The van der Waals surface area contributed by atoms with E-state index in [1.807, 2.05) is 6.26 Å². The van der Waals surface area contributed by atoms with Crippen molar-refractivity contribution in [2.24, 2.45) is 11.5 Å². The lowest BCUT2D eigenvalue weighted by Gasteiger charge is -2.21. The van der Waals surface area contributed by atoms with Crippen molar-refractivity contribution in [2.45, 2.75) is 37.4 Å². The summed E-state index contributed by atoms with van der Waals surface area (Å²) in [5.41, 5.74) is 11.4. The Kier molecular flexibility index (Phi) is 11.7. The van der Waals surface area contributed by atoms with Gasteiger partial charge in [-0.1, -0.05) is 12.1 Å². The summed E-state index contributed by atoms with van der Waals surface area (Å²) < 4.78 is 0. The van der Waals surface area contributed by atoms with Gasteiger partial charge in [-0.3, -0.25) is 19.2 Å². The smallest absolute Gasteiger partial charge is 0.326 e. The Labute approximate surface area is 194 Å². The van der Waals surface area contributed by atoms with Gasteiger partial charge in [0.25, 0.3) is 0 Å². The number of benzene rings is 1. The van der Waals surface area contributed by atoms with E-state index >= 15 is 0 Å². The van der Waals surface area contributed by atoms with Gasteiger partial charge in [0.2, 0.25) is 23.6 Å². The van der Waals surface area contributed by atoms with Gasteiger partial charge in [0.1, 0.15) is 17.8 Å². The molecule has 0 aliphatic heterocycles. The van der Waals surface area contributed by atoms with E-state index in [0.717, 1.165) is 0 Å². The SMILES string of the molecule is CSCCC(N)C(=O)NCC(=O)NC(CC(N)=O)C(=O)NC(Cc1ccc(O)cc1)C(=O)O. The molecule has 0 fully saturated rings. The molecular weight excluding hydrogens is 454 g/mol. The number of phenolic OH excluding ortho intramolecular Hbond substituents is 1. The van der Waals surface area contributed by atoms with Crippen LogP contribution in [0.4, 0.5) is 0 Å². The minimum Gasteiger partial charge on any atom is -0.508 e. The molecule has 33 heavy (non-hydrogen) atoms. The van der Waals surface area contributed by atoms with Crippen LogP contribution in [0.25, 0.3) is 0 Å². The molecule has 0 radical (unpaired) electrons. The van der Waals surface area contributed by atoms with Gasteiger partial charge in [0, 0.05) is 6.42 Å². The number of aromatic hydroxyl groups is 1. The zero-order chi connectivity index (χ0) is 25.0. The molecule has 0 aromatic heterocycles.